The molecule has 23 heavy (non-hydrogen) atoms. The number of nitrogens with zero attached hydrogens (tertiary/aromatic N) is 3. The monoisotopic (exact) mass is 312 g/mol. The average Bonchev–Trinajstić information content (AvgIpc) is 3.10. The van der Waals surface area contributed by atoms with Gasteiger partial charge in [0, 0.05) is 43.6 Å². The van der Waals surface area contributed by atoms with Crippen molar-refractivity contribution in [2.24, 2.45) is 0 Å². The number of fused-ring (bicyclic) bond motifs is 1. The molecular weight excluding hydrogens is 292 g/mol. The first-order chi connectivity index (χ1) is 11.4. The zero-order valence-corrected chi connectivity index (χ0v) is 12.9. The number of para-hydroxylation sites is 1. The third-order valence-corrected chi connectivity index (χ3v) is 4.32. The summed E-state index contributed by atoms with van der Waals surface area (Å²) < 4.78 is 11.0. The van der Waals surface area contributed by atoms with Crippen LogP contribution in [-0.2, 0) is 6.54 Å². The number of rotatable bonds is 4. The van der Waals surface area contributed by atoms with E-state index in [9.17, 15) is 0 Å². The number of aromatic nitrogens is 2. The van der Waals surface area contributed by atoms with Crippen molar-refractivity contribution >= 4 is 5.95 Å². The molecule has 120 valence electrons. The number of anilines is 1. The molecule has 0 radical (unpaired) electrons. The molecule has 2 aliphatic heterocycles. The Hall–Kier alpha value is -2.34. The number of hydrogen-bond donors (Lipinski definition) is 1. The van der Waals surface area contributed by atoms with Gasteiger partial charge in [-0.3, -0.25) is 0 Å². The first kappa shape index (κ1) is 14.3. The summed E-state index contributed by atoms with van der Waals surface area (Å²) in [7, 11) is 0. The smallest absolute Gasteiger partial charge is 0.231 e. The lowest BCUT2D eigenvalue weighted by atomic mass is 10.1. The molecule has 1 atom stereocenters. The second kappa shape index (κ2) is 6.42. The van der Waals surface area contributed by atoms with Crippen LogP contribution in [0.1, 0.15) is 18.4 Å². The highest BCUT2D eigenvalue weighted by atomic mass is 16.7. The van der Waals surface area contributed by atoms with Crippen LogP contribution in [0.5, 0.6) is 11.5 Å². The Labute approximate surface area is 135 Å². The lowest BCUT2D eigenvalue weighted by Crippen LogP contribution is -2.46. The fraction of sp³-hybridized carbons (Fsp3) is 0.412. The Morgan fingerprint density at radius 1 is 1.17 bits per heavy atom. The van der Waals surface area contributed by atoms with Crippen LogP contribution in [0.4, 0.5) is 5.95 Å². The molecule has 0 aliphatic carbocycles. The molecule has 0 spiro atoms. The third-order valence-electron chi connectivity index (χ3n) is 4.32. The van der Waals surface area contributed by atoms with Gasteiger partial charge in [-0.15, -0.1) is 0 Å². The SMILES string of the molecule is c1cnc(N2CCCC(NCc3cccc4c3OCO4)C2)nc1. The number of hydrogen-bond acceptors (Lipinski definition) is 6. The van der Waals surface area contributed by atoms with Gasteiger partial charge in [0.05, 0.1) is 0 Å². The van der Waals surface area contributed by atoms with E-state index in [1.807, 2.05) is 18.2 Å². The minimum absolute atomic E-state index is 0.314. The van der Waals surface area contributed by atoms with Crippen molar-refractivity contribution in [1.29, 1.82) is 0 Å². The first-order valence-corrected chi connectivity index (χ1v) is 8.03. The highest BCUT2D eigenvalue weighted by Gasteiger charge is 2.22. The van der Waals surface area contributed by atoms with Crippen LogP contribution in [0.3, 0.4) is 0 Å². The van der Waals surface area contributed by atoms with Crippen molar-refractivity contribution in [3.63, 3.8) is 0 Å². The van der Waals surface area contributed by atoms with Crippen LogP contribution in [0.2, 0.25) is 0 Å². The van der Waals surface area contributed by atoms with Crippen LogP contribution in [-0.4, -0.2) is 35.9 Å². The zero-order valence-electron chi connectivity index (χ0n) is 12.9. The Bertz CT molecular complexity index is 665. The lowest BCUT2D eigenvalue weighted by molar-refractivity contribution is 0.173. The Morgan fingerprint density at radius 3 is 3.00 bits per heavy atom. The van der Waals surface area contributed by atoms with E-state index in [-0.39, 0.29) is 0 Å². The molecule has 0 saturated carbocycles. The van der Waals surface area contributed by atoms with E-state index in [1.165, 1.54) is 0 Å². The molecule has 1 N–H and O–H groups in total. The second-order valence-corrected chi connectivity index (χ2v) is 5.87. The van der Waals surface area contributed by atoms with Gasteiger partial charge in [0.25, 0.3) is 0 Å². The predicted molar refractivity (Wildman–Crippen MR) is 86.7 cm³/mol. The largest absolute Gasteiger partial charge is 0.454 e. The van der Waals surface area contributed by atoms with Crippen LogP contribution in [0.15, 0.2) is 36.7 Å². The maximum atomic E-state index is 5.57. The fourth-order valence-electron chi connectivity index (χ4n) is 3.16. The molecule has 4 rings (SSSR count). The highest BCUT2D eigenvalue weighted by Crippen LogP contribution is 2.35. The van der Waals surface area contributed by atoms with Crippen LogP contribution in [0.25, 0.3) is 0 Å². The van der Waals surface area contributed by atoms with Gasteiger partial charge in [-0.2, -0.15) is 0 Å². The topological polar surface area (TPSA) is 59.5 Å². The van der Waals surface area contributed by atoms with Crippen molar-refractivity contribution in [1.82, 2.24) is 15.3 Å². The van der Waals surface area contributed by atoms with Gasteiger partial charge in [-0.05, 0) is 25.0 Å². The van der Waals surface area contributed by atoms with Gasteiger partial charge >= 0.3 is 0 Å². The Morgan fingerprint density at radius 2 is 2.09 bits per heavy atom. The molecule has 1 fully saturated rings. The first-order valence-electron chi connectivity index (χ1n) is 8.03. The summed E-state index contributed by atoms with van der Waals surface area (Å²) in [5.41, 5.74) is 1.15. The van der Waals surface area contributed by atoms with E-state index >= 15 is 0 Å². The summed E-state index contributed by atoms with van der Waals surface area (Å²) in [6.45, 7) is 3.03. The molecule has 1 saturated heterocycles. The minimum Gasteiger partial charge on any atom is -0.454 e. The zero-order chi connectivity index (χ0) is 15.5. The van der Waals surface area contributed by atoms with Crippen LogP contribution >= 0.6 is 0 Å². The number of ether oxygens (including phenoxy) is 2. The third kappa shape index (κ3) is 3.07. The van der Waals surface area contributed by atoms with Crippen LogP contribution in [0, 0.1) is 0 Å². The van der Waals surface area contributed by atoms with Crippen LogP contribution < -0.4 is 19.7 Å². The fourth-order valence-corrected chi connectivity index (χ4v) is 3.16. The molecule has 0 amide bonds. The van der Waals surface area contributed by atoms with Crippen molar-refractivity contribution in [3.8, 4) is 11.5 Å². The van der Waals surface area contributed by atoms with Gasteiger partial charge in [0.1, 0.15) is 0 Å². The van der Waals surface area contributed by atoms with E-state index in [0.717, 1.165) is 55.5 Å². The number of benzene rings is 1. The molecule has 3 heterocycles. The van der Waals surface area contributed by atoms with Gasteiger partial charge in [0.15, 0.2) is 11.5 Å². The molecule has 6 heteroatoms. The molecule has 2 aromatic rings. The van der Waals surface area contributed by atoms with E-state index in [4.69, 9.17) is 9.47 Å². The number of nitrogens with one attached hydrogen (secondary N) is 1. The standard InChI is InChI=1S/C17H20N4O2/c1-4-13(16-15(6-1)22-12-23-16)10-20-14-5-2-9-21(11-14)17-18-7-3-8-19-17/h1,3-4,6-8,14,20H,2,5,9-12H2. The van der Waals surface area contributed by atoms with Gasteiger partial charge in [-0.1, -0.05) is 12.1 Å². The maximum Gasteiger partial charge on any atom is 0.231 e. The molecule has 1 aromatic carbocycles. The Kier molecular flexibility index (Phi) is 3.98. The van der Waals surface area contributed by atoms with Gasteiger partial charge < -0.3 is 19.7 Å². The van der Waals surface area contributed by atoms with E-state index in [2.05, 4.69) is 26.3 Å². The molecule has 1 unspecified atom stereocenters. The minimum atomic E-state index is 0.314. The molecule has 2 aliphatic rings. The molecule has 6 nitrogen and oxygen atoms in total. The summed E-state index contributed by atoms with van der Waals surface area (Å²) in [6, 6.07) is 8.31. The van der Waals surface area contributed by atoms with Crippen molar-refractivity contribution in [2.45, 2.75) is 25.4 Å². The number of piperidine rings is 1. The lowest BCUT2D eigenvalue weighted by Gasteiger charge is -2.33. The maximum absolute atomic E-state index is 5.57. The highest BCUT2D eigenvalue weighted by molar-refractivity contribution is 5.48. The normalized spacial score (nSPS) is 19.8. The van der Waals surface area contributed by atoms with E-state index < -0.39 is 0 Å². The van der Waals surface area contributed by atoms with Gasteiger partial charge in [0.2, 0.25) is 12.7 Å². The summed E-state index contributed by atoms with van der Waals surface area (Å²) in [4.78, 5) is 11.0. The second-order valence-electron chi connectivity index (χ2n) is 5.87. The van der Waals surface area contributed by atoms with E-state index in [0.29, 0.717) is 12.8 Å². The molecular formula is C17H20N4O2. The summed E-state index contributed by atoms with van der Waals surface area (Å²) >= 11 is 0. The quantitative estimate of drug-likeness (QED) is 0.931. The Balaban J connectivity index is 1.39. The summed E-state index contributed by atoms with van der Waals surface area (Å²) in [5, 5.41) is 3.63. The average molecular weight is 312 g/mol. The summed E-state index contributed by atoms with van der Waals surface area (Å²) in [5.74, 6) is 2.53. The predicted octanol–water partition coefficient (Wildman–Crippen LogP) is 1.96. The van der Waals surface area contributed by atoms with E-state index in [1.54, 1.807) is 12.4 Å². The van der Waals surface area contributed by atoms with Crippen molar-refractivity contribution in [2.75, 3.05) is 24.8 Å². The molecule has 1 aromatic heterocycles. The molecule has 0 bridgehead atoms. The summed E-state index contributed by atoms with van der Waals surface area (Å²) in [6.07, 6.45) is 5.89. The van der Waals surface area contributed by atoms with Gasteiger partial charge in [-0.25, -0.2) is 9.97 Å². The van der Waals surface area contributed by atoms with Crippen molar-refractivity contribution in [3.05, 3.63) is 42.2 Å². The van der Waals surface area contributed by atoms with Crippen molar-refractivity contribution < 1.29 is 9.47 Å².